The summed E-state index contributed by atoms with van der Waals surface area (Å²) < 4.78 is 32.0. The van der Waals surface area contributed by atoms with Crippen molar-refractivity contribution in [2.45, 2.75) is 20.3 Å². The molecule has 0 radical (unpaired) electrons. The molecular formula is C15H22F2N2O2. The van der Waals surface area contributed by atoms with E-state index in [1.807, 2.05) is 0 Å². The van der Waals surface area contributed by atoms with E-state index in [4.69, 9.17) is 4.74 Å². The maximum absolute atomic E-state index is 13.3. The first-order chi connectivity index (χ1) is 10.0. The maximum atomic E-state index is 13.3. The molecule has 0 spiro atoms. The van der Waals surface area contributed by atoms with Gasteiger partial charge in [0.1, 0.15) is 17.3 Å². The van der Waals surface area contributed by atoms with Crippen molar-refractivity contribution in [2.75, 3.05) is 31.6 Å². The molecule has 21 heavy (non-hydrogen) atoms. The number of halogens is 2. The van der Waals surface area contributed by atoms with Crippen molar-refractivity contribution in [1.29, 1.82) is 0 Å². The summed E-state index contributed by atoms with van der Waals surface area (Å²) in [6.07, 6.45) is 0.772. The van der Waals surface area contributed by atoms with Gasteiger partial charge in [-0.25, -0.2) is 8.78 Å². The molecule has 4 nitrogen and oxygen atoms in total. The van der Waals surface area contributed by atoms with Crippen LogP contribution in [-0.2, 0) is 9.53 Å². The van der Waals surface area contributed by atoms with Crippen LogP contribution in [-0.4, -0.2) is 32.2 Å². The molecule has 1 rings (SSSR count). The second kappa shape index (κ2) is 9.41. The van der Waals surface area contributed by atoms with E-state index < -0.39 is 23.2 Å². The first-order valence-corrected chi connectivity index (χ1v) is 7.03. The molecule has 6 heteroatoms. The molecule has 0 saturated carbocycles. The van der Waals surface area contributed by atoms with E-state index in [0.717, 1.165) is 18.6 Å². The van der Waals surface area contributed by atoms with Crippen LogP contribution < -0.4 is 10.6 Å². The molecule has 0 heterocycles. The van der Waals surface area contributed by atoms with Gasteiger partial charge in [-0.1, -0.05) is 19.9 Å². The van der Waals surface area contributed by atoms with Gasteiger partial charge in [-0.2, -0.15) is 0 Å². The lowest BCUT2D eigenvalue weighted by molar-refractivity contribution is -0.115. The molecular weight excluding hydrogens is 278 g/mol. The van der Waals surface area contributed by atoms with Crippen molar-refractivity contribution in [2.24, 2.45) is 5.92 Å². The fourth-order valence-electron chi connectivity index (χ4n) is 1.62. The van der Waals surface area contributed by atoms with Gasteiger partial charge in [0, 0.05) is 13.2 Å². The minimum atomic E-state index is -0.787. The topological polar surface area (TPSA) is 50.4 Å². The molecule has 1 amide bonds. The molecule has 2 N–H and O–H groups in total. The summed E-state index contributed by atoms with van der Waals surface area (Å²) >= 11 is 0. The zero-order chi connectivity index (χ0) is 15.7. The van der Waals surface area contributed by atoms with Crippen LogP contribution in [0.1, 0.15) is 20.3 Å². The SMILES string of the molecule is CC(C)COCCCNCC(=O)Nc1c(F)cccc1F. The molecule has 1 aromatic carbocycles. The van der Waals surface area contributed by atoms with Crippen LogP contribution in [0.2, 0.25) is 0 Å². The van der Waals surface area contributed by atoms with Crippen LogP contribution in [0.15, 0.2) is 18.2 Å². The number of para-hydroxylation sites is 1. The highest BCUT2D eigenvalue weighted by atomic mass is 19.1. The Balaban J connectivity index is 2.17. The van der Waals surface area contributed by atoms with E-state index in [2.05, 4.69) is 24.5 Å². The predicted octanol–water partition coefficient (Wildman–Crippen LogP) is 2.56. The lowest BCUT2D eigenvalue weighted by Gasteiger charge is -2.09. The smallest absolute Gasteiger partial charge is 0.238 e. The lowest BCUT2D eigenvalue weighted by Crippen LogP contribution is -2.29. The Labute approximate surface area is 123 Å². The highest BCUT2D eigenvalue weighted by molar-refractivity contribution is 5.92. The molecule has 0 saturated heterocycles. The zero-order valence-electron chi connectivity index (χ0n) is 12.4. The first kappa shape index (κ1) is 17.5. The normalized spacial score (nSPS) is 10.9. The number of ether oxygens (including phenoxy) is 1. The summed E-state index contributed by atoms with van der Waals surface area (Å²) in [5.74, 6) is -1.56. The minimum absolute atomic E-state index is 0.00203. The third kappa shape index (κ3) is 7.15. The van der Waals surface area contributed by atoms with Gasteiger partial charge in [0.15, 0.2) is 0 Å². The first-order valence-electron chi connectivity index (χ1n) is 7.03. The van der Waals surface area contributed by atoms with Crippen molar-refractivity contribution in [3.05, 3.63) is 29.8 Å². The Kier molecular flexibility index (Phi) is 7.85. The number of nitrogens with one attached hydrogen (secondary N) is 2. The van der Waals surface area contributed by atoms with E-state index in [1.165, 1.54) is 6.07 Å². The average Bonchev–Trinajstić information content (AvgIpc) is 2.41. The summed E-state index contributed by atoms with van der Waals surface area (Å²) in [5.41, 5.74) is -0.412. The second-order valence-electron chi connectivity index (χ2n) is 5.14. The van der Waals surface area contributed by atoms with Gasteiger partial charge in [-0.15, -0.1) is 0 Å². The average molecular weight is 300 g/mol. The van der Waals surface area contributed by atoms with Crippen molar-refractivity contribution < 1.29 is 18.3 Å². The standard InChI is InChI=1S/C15H22F2N2O2/c1-11(2)10-21-8-4-7-18-9-14(20)19-15-12(16)5-3-6-13(15)17/h3,5-6,11,18H,4,7-10H2,1-2H3,(H,19,20). The Morgan fingerprint density at radius 1 is 1.29 bits per heavy atom. The van der Waals surface area contributed by atoms with E-state index in [0.29, 0.717) is 25.7 Å². The van der Waals surface area contributed by atoms with E-state index in [9.17, 15) is 13.6 Å². The number of carbonyl (C=O) groups excluding carboxylic acids is 1. The van der Waals surface area contributed by atoms with E-state index in [1.54, 1.807) is 0 Å². The van der Waals surface area contributed by atoms with Gasteiger partial charge in [0.2, 0.25) is 5.91 Å². The zero-order valence-corrected chi connectivity index (χ0v) is 12.4. The summed E-state index contributed by atoms with van der Waals surface area (Å²) in [4.78, 5) is 11.6. The summed E-state index contributed by atoms with van der Waals surface area (Å²) in [6, 6.07) is 3.44. The number of hydrogen-bond donors (Lipinski definition) is 2. The van der Waals surface area contributed by atoms with Crippen LogP contribution in [0, 0.1) is 17.6 Å². The molecule has 1 aromatic rings. The van der Waals surface area contributed by atoms with Gasteiger partial charge in [0.05, 0.1) is 6.54 Å². The number of benzene rings is 1. The second-order valence-corrected chi connectivity index (χ2v) is 5.14. The monoisotopic (exact) mass is 300 g/mol. The summed E-state index contributed by atoms with van der Waals surface area (Å²) in [7, 11) is 0. The largest absolute Gasteiger partial charge is 0.381 e. The van der Waals surface area contributed by atoms with Crippen LogP contribution in [0.5, 0.6) is 0 Å². The van der Waals surface area contributed by atoms with Crippen LogP contribution >= 0.6 is 0 Å². The number of anilines is 1. The van der Waals surface area contributed by atoms with Crippen LogP contribution in [0.4, 0.5) is 14.5 Å². The Bertz CT molecular complexity index is 433. The van der Waals surface area contributed by atoms with Crippen LogP contribution in [0.25, 0.3) is 0 Å². The third-order valence-electron chi connectivity index (χ3n) is 2.61. The third-order valence-corrected chi connectivity index (χ3v) is 2.61. The van der Waals surface area contributed by atoms with Gasteiger partial charge in [-0.05, 0) is 31.0 Å². The molecule has 0 fully saturated rings. The molecule has 0 aliphatic heterocycles. The highest BCUT2D eigenvalue weighted by Gasteiger charge is 2.11. The van der Waals surface area contributed by atoms with E-state index in [-0.39, 0.29) is 6.54 Å². The molecule has 0 aliphatic carbocycles. The Morgan fingerprint density at radius 2 is 1.95 bits per heavy atom. The van der Waals surface area contributed by atoms with Gasteiger partial charge >= 0.3 is 0 Å². The Hall–Kier alpha value is -1.53. The fraction of sp³-hybridized carbons (Fsp3) is 0.533. The molecule has 0 bridgehead atoms. The molecule has 0 aliphatic rings. The maximum Gasteiger partial charge on any atom is 0.238 e. The number of amides is 1. The van der Waals surface area contributed by atoms with Gasteiger partial charge in [-0.3, -0.25) is 4.79 Å². The van der Waals surface area contributed by atoms with Crippen LogP contribution in [0.3, 0.4) is 0 Å². The number of carbonyl (C=O) groups is 1. The van der Waals surface area contributed by atoms with Crippen molar-refractivity contribution in [1.82, 2.24) is 5.32 Å². The van der Waals surface area contributed by atoms with E-state index >= 15 is 0 Å². The molecule has 118 valence electrons. The van der Waals surface area contributed by atoms with Crippen molar-refractivity contribution >= 4 is 11.6 Å². The summed E-state index contributed by atoms with van der Waals surface area (Å²) in [6.45, 7) is 6.08. The quantitative estimate of drug-likeness (QED) is 0.689. The Morgan fingerprint density at radius 3 is 2.57 bits per heavy atom. The minimum Gasteiger partial charge on any atom is -0.381 e. The fourth-order valence-corrected chi connectivity index (χ4v) is 1.62. The van der Waals surface area contributed by atoms with Gasteiger partial charge in [0.25, 0.3) is 0 Å². The molecule has 0 unspecified atom stereocenters. The van der Waals surface area contributed by atoms with Crippen molar-refractivity contribution in [3.8, 4) is 0 Å². The lowest BCUT2D eigenvalue weighted by atomic mass is 10.2. The van der Waals surface area contributed by atoms with Crippen molar-refractivity contribution in [3.63, 3.8) is 0 Å². The highest BCUT2D eigenvalue weighted by Crippen LogP contribution is 2.17. The number of rotatable bonds is 9. The summed E-state index contributed by atoms with van der Waals surface area (Å²) in [5, 5.41) is 5.11. The predicted molar refractivity (Wildman–Crippen MR) is 78.1 cm³/mol. The number of hydrogen-bond acceptors (Lipinski definition) is 3. The van der Waals surface area contributed by atoms with Gasteiger partial charge < -0.3 is 15.4 Å². The molecule has 0 atom stereocenters. The molecule has 0 aromatic heterocycles.